The van der Waals surface area contributed by atoms with Gasteiger partial charge < -0.3 is 14.9 Å². The van der Waals surface area contributed by atoms with E-state index >= 15 is 0 Å². The number of hydrogen-bond acceptors (Lipinski definition) is 3. The van der Waals surface area contributed by atoms with Crippen LogP contribution < -0.4 is 0 Å². The van der Waals surface area contributed by atoms with Crippen molar-refractivity contribution in [1.29, 1.82) is 0 Å². The summed E-state index contributed by atoms with van der Waals surface area (Å²) >= 11 is 0. The maximum absolute atomic E-state index is 10.1. The summed E-state index contributed by atoms with van der Waals surface area (Å²) in [5, 5.41) is 10.1. The lowest BCUT2D eigenvalue weighted by Crippen LogP contribution is -2.32. The van der Waals surface area contributed by atoms with Crippen molar-refractivity contribution in [3.63, 3.8) is 0 Å². The number of nitrogens with zero attached hydrogens (tertiary/aromatic N) is 2. The van der Waals surface area contributed by atoms with Gasteiger partial charge in [-0.25, -0.2) is 0 Å². The first kappa shape index (κ1) is 13.5. The van der Waals surface area contributed by atoms with E-state index in [4.69, 9.17) is 0 Å². The third kappa shape index (κ3) is 3.55. The van der Waals surface area contributed by atoms with Gasteiger partial charge in [-0.15, -0.1) is 0 Å². The lowest BCUT2D eigenvalue weighted by atomic mass is 10.1. The van der Waals surface area contributed by atoms with E-state index in [9.17, 15) is 5.11 Å². The van der Waals surface area contributed by atoms with Crippen molar-refractivity contribution in [3.8, 4) is 0 Å². The van der Waals surface area contributed by atoms with E-state index in [0.29, 0.717) is 6.04 Å². The highest BCUT2D eigenvalue weighted by Crippen LogP contribution is 2.19. The molecule has 0 aliphatic carbocycles. The predicted octanol–water partition coefficient (Wildman–Crippen LogP) is 1.75. The zero-order valence-electron chi connectivity index (χ0n) is 11.4. The third-order valence-corrected chi connectivity index (χ3v) is 3.88. The molecule has 100 valence electrons. The fourth-order valence-corrected chi connectivity index (χ4v) is 2.58. The van der Waals surface area contributed by atoms with Gasteiger partial charge in [0.15, 0.2) is 0 Å². The van der Waals surface area contributed by atoms with E-state index in [1.165, 1.54) is 6.42 Å². The maximum Gasteiger partial charge on any atom is 0.0802 e. The summed E-state index contributed by atoms with van der Waals surface area (Å²) in [6.45, 7) is 3.28. The molecule has 2 atom stereocenters. The average Bonchev–Trinajstić information content (AvgIpc) is 2.86. The van der Waals surface area contributed by atoms with Crippen LogP contribution in [0, 0.1) is 0 Å². The molecule has 1 aliphatic heterocycles. The summed E-state index contributed by atoms with van der Waals surface area (Å²) in [4.78, 5) is 4.75. The van der Waals surface area contributed by atoms with Crippen LogP contribution in [0.4, 0.5) is 0 Å². The van der Waals surface area contributed by atoms with Crippen LogP contribution >= 0.6 is 0 Å². The molecule has 1 aliphatic rings. The number of hydrogen-bond donors (Lipinski definition) is 1. The number of benzene rings is 1. The van der Waals surface area contributed by atoms with E-state index in [2.05, 4.69) is 23.9 Å². The van der Waals surface area contributed by atoms with Crippen LogP contribution in [-0.2, 0) is 0 Å². The Balaban J connectivity index is 1.76. The molecule has 1 fully saturated rings. The summed E-state index contributed by atoms with van der Waals surface area (Å²) in [5.41, 5.74) is 1.03. The number of rotatable bonds is 5. The topological polar surface area (TPSA) is 26.7 Å². The number of likely N-dealkylation sites (N-methyl/N-ethyl adjacent to an activating group) is 1. The van der Waals surface area contributed by atoms with Gasteiger partial charge in [0, 0.05) is 19.1 Å². The molecule has 3 heteroatoms. The molecule has 1 N–H and O–H groups in total. The Morgan fingerprint density at radius 3 is 2.67 bits per heavy atom. The first-order chi connectivity index (χ1) is 8.66. The second-order valence-corrected chi connectivity index (χ2v) is 5.42. The summed E-state index contributed by atoms with van der Waals surface area (Å²) in [5.74, 6) is 0. The minimum atomic E-state index is -0.329. The summed E-state index contributed by atoms with van der Waals surface area (Å²) in [7, 11) is 4.29. The fourth-order valence-electron chi connectivity index (χ4n) is 2.58. The molecule has 1 saturated heterocycles. The average molecular weight is 248 g/mol. The molecule has 2 unspecified atom stereocenters. The molecule has 0 bridgehead atoms. The van der Waals surface area contributed by atoms with Crippen LogP contribution in [0.15, 0.2) is 30.3 Å². The van der Waals surface area contributed by atoms with Gasteiger partial charge in [0.05, 0.1) is 6.10 Å². The quantitative estimate of drug-likeness (QED) is 0.860. The van der Waals surface area contributed by atoms with Crippen molar-refractivity contribution < 1.29 is 5.11 Å². The van der Waals surface area contributed by atoms with Crippen LogP contribution in [0.3, 0.4) is 0 Å². The van der Waals surface area contributed by atoms with Gasteiger partial charge in [-0.3, -0.25) is 0 Å². The van der Waals surface area contributed by atoms with Gasteiger partial charge in [-0.2, -0.15) is 0 Å². The van der Waals surface area contributed by atoms with Gasteiger partial charge >= 0.3 is 0 Å². The molecule has 0 aromatic heterocycles. The second kappa shape index (κ2) is 6.32. The van der Waals surface area contributed by atoms with Gasteiger partial charge in [0.1, 0.15) is 0 Å². The van der Waals surface area contributed by atoms with E-state index in [0.717, 1.165) is 31.6 Å². The van der Waals surface area contributed by atoms with Crippen molar-refractivity contribution in [2.75, 3.05) is 33.7 Å². The lowest BCUT2D eigenvalue weighted by molar-refractivity contribution is 0.146. The molecule has 0 spiro atoms. The molecular formula is C15H24N2O. The van der Waals surface area contributed by atoms with Crippen molar-refractivity contribution >= 4 is 0 Å². The van der Waals surface area contributed by atoms with Crippen molar-refractivity contribution in [2.24, 2.45) is 0 Å². The molecule has 1 aromatic carbocycles. The Bertz CT molecular complexity index is 353. The first-order valence-corrected chi connectivity index (χ1v) is 6.78. The highest BCUT2D eigenvalue weighted by molar-refractivity contribution is 5.17. The molecule has 0 saturated carbocycles. The Kier molecular flexibility index (Phi) is 4.75. The Morgan fingerprint density at radius 1 is 1.33 bits per heavy atom. The largest absolute Gasteiger partial charge is 0.388 e. The highest BCUT2D eigenvalue weighted by atomic mass is 16.3. The molecule has 1 heterocycles. The van der Waals surface area contributed by atoms with Crippen LogP contribution in [0.1, 0.15) is 24.5 Å². The van der Waals surface area contributed by atoms with Gasteiger partial charge in [0.2, 0.25) is 0 Å². The molecule has 1 aromatic rings. The molecule has 0 radical (unpaired) electrons. The fraction of sp³-hybridized carbons (Fsp3) is 0.600. The Labute approximate surface area is 110 Å². The first-order valence-electron chi connectivity index (χ1n) is 6.78. The standard InChI is InChI=1S/C15H24N2O/c1-16(2)14-8-10-17(12-14)11-9-15(18)13-6-4-3-5-7-13/h3-7,14-15,18H,8-12H2,1-2H3. The monoisotopic (exact) mass is 248 g/mol. The Hall–Kier alpha value is -0.900. The smallest absolute Gasteiger partial charge is 0.0802 e. The molecule has 18 heavy (non-hydrogen) atoms. The number of aliphatic hydroxyl groups excluding tert-OH is 1. The van der Waals surface area contributed by atoms with Crippen LogP contribution in [0.5, 0.6) is 0 Å². The van der Waals surface area contributed by atoms with Crippen molar-refractivity contribution in [1.82, 2.24) is 9.80 Å². The van der Waals surface area contributed by atoms with E-state index in [1.807, 2.05) is 30.3 Å². The number of aliphatic hydroxyl groups is 1. The van der Waals surface area contributed by atoms with E-state index < -0.39 is 0 Å². The molecule has 2 rings (SSSR count). The highest BCUT2D eigenvalue weighted by Gasteiger charge is 2.23. The van der Waals surface area contributed by atoms with Crippen LogP contribution in [0.2, 0.25) is 0 Å². The minimum absolute atomic E-state index is 0.329. The van der Waals surface area contributed by atoms with Gasteiger partial charge in [-0.05, 0) is 39.0 Å². The minimum Gasteiger partial charge on any atom is -0.388 e. The lowest BCUT2D eigenvalue weighted by Gasteiger charge is -2.21. The van der Waals surface area contributed by atoms with Gasteiger partial charge in [0.25, 0.3) is 0 Å². The van der Waals surface area contributed by atoms with Crippen LogP contribution in [0.25, 0.3) is 0 Å². The molecule has 0 amide bonds. The van der Waals surface area contributed by atoms with Crippen molar-refractivity contribution in [2.45, 2.75) is 25.0 Å². The number of likely N-dealkylation sites (tertiary alicyclic amines) is 1. The van der Waals surface area contributed by atoms with E-state index in [1.54, 1.807) is 0 Å². The maximum atomic E-state index is 10.1. The SMILES string of the molecule is CN(C)C1CCN(CCC(O)c2ccccc2)C1. The van der Waals surface area contributed by atoms with E-state index in [-0.39, 0.29) is 6.10 Å². The molecule has 3 nitrogen and oxygen atoms in total. The summed E-state index contributed by atoms with van der Waals surface area (Å²) in [6, 6.07) is 10.6. The predicted molar refractivity (Wildman–Crippen MR) is 74.6 cm³/mol. The van der Waals surface area contributed by atoms with Crippen LogP contribution in [-0.4, -0.2) is 54.7 Å². The summed E-state index contributed by atoms with van der Waals surface area (Å²) in [6.07, 6.45) is 1.74. The Morgan fingerprint density at radius 2 is 2.06 bits per heavy atom. The van der Waals surface area contributed by atoms with Gasteiger partial charge in [-0.1, -0.05) is 30.3 Å². The summed E-state index contributed by atoms with van der Waals surface area (Å²) < 4.78 is 0. The zero-order valence-corrected chi connectivity index (χ0v) is 11.4. The second-order valence-electron chi connectivity index (χ2n) is 5.42. The normalized spacial score (nSPS) is 22.6. The van der Waals surface area contributed by atoms with Crippen molar-refractivity contribution in [3.05, 3.63) is 35.9 Å². The molecular weight excluding hydrogens is 224 g/mol. The zero-order chi connectivity index (χ0) is 13.0. The third-order valence-electron chi connectivity index (χ3n) is 3.88.